The van der Waals surface area contributed by atoms with Gasteiger partial charge in [-0.25, -0.2) is 4.79 Å². The molecule has 0 saturated heterocycles. The van der Waals surface area contributed by atoms with Crippen molar-refractivity contribution in [1.82, 2.24) is 0 Å². The van der Waals surface area contributed by atoms with Gasteiger partial charge in [0, 0.05) is 52.8 Å². The molecule has 2 saturated carbocycles. The largest absolute Gasteiger partial charge is 0.478 e. The second-order valence-corrected chi connectivity index (χ2v) is 15.9. The van der Waals surface area contributed by atoms with Gasteiger partial charge in [-0.05, 0) is 73.0 Å². The first kappa shape index (κ1) is 35.4. The van der Waals surface area contributed by atoms with Crippen LogP contribution in [0.3, 0.4) is 0 Å². The van der Waals surface area contributed by atoms with Crippen molar-refractivity contribution in [3.05, 3.63) is 64.8 Å². The summed E-state index contributed by atoms with van der Waals surface area (Å²) < 4.78 is 0. The summed E-state index contributed by atoms with van der Waals surface area (Å²) in [6.07, 6.45) is 3.61. The van der Waals surface area contributed by atoms with Crippen LogP contribution in [0.1, 0.15) is 85.6 Å². The quantitative estimate of drug-likeness (QED) is 0.231. The Hall–Kier alpha value is -2.91. The van der Waals surface area contributed by atoms with Gasteiger partial charge in [0.15, 0.2) is 5.78 Å². The number of allylic oxidation sites excluding steroid dienone is 1. The topological polar surface area (TPSA) is 152 Å². The van der Waals surface area contributed by atoms with Gasteiger partial charge in [-0.1, -0.05) is 77.1 Å². The molecule has 0 unspecified atom stereocenters. The zero-order chi connectivity index (χ0) is 34.7. The van der Waals surface area contributed by atoms with Crippen molar-refractivity contribution in [2.24, 2.45) is 45.3 Å². The van der Waals surface area contributed by atoms with Crippen molar-refractivity contribution in [1.29, 1.82) is 0 Å². The number of carboxylic acids is 1. The van der Waals surface area contributed by atoms with E-state index < -0.39 is 51.9 Å². The van der Waals surface area contributed by atoms with Crippen LogP contribution in [0.25, 0.3) is 6.08 Å². The van der Waals surface area contributed by atoms with Gasteiger partial charge in [0.05, 0.1) is 18.3 Å². The summed E-state index contributed by atoms with van der Waals surface area (Å²) in [6.45, 7) is 11.0. The highest BCUT2D eigenvalue weighted by atomic mass is 16.4. The number of carboxylic acid groups (broad SMARTS) is 1. The zero-order valence-electron chi connectivity index (χ0n) is 28.6. The third-order valence-corrected chi connectivity index (χ3v) is 13.0. The van der Waals surface area contributed by atoms with E-state index in [1.165, 1.54) is 13.0 Å². The Morgan fingerprint density at radius 1 is 1.09 bits per heavy atom. The first-order chi connectivity index (χ1) is 22.0. The average molecular weight is 649 g/mol. The third-order valence-electron chi connectivity index (χ3n) is 13.0. The van der Waals surface area contributed by atoms with Gasteiger partial charge >= 0.3 is 5.97 Å². The lowest BCUT2D eigenvalue weighted by Gasteiger charge is -2.63. The van der Waals surface area contributed by atoms with Crippen molar-refractivity contribution in [2.45, 2.75) is 98.4 Å². The molecule has 10 atom stereocenters. The van der Waals surface area contributed by atoms with Crippen LogP contribution >= 0.6 is 0 Å². The number of carbonyl (C=O) groups is 3. The molecule has 2 fully saturated rings. The standard InChI is InChI=1S/C39H52O8/c1-22(18-25(41)19-23(2)35(46)47)27-20-30(44)39(16-17-40)32-31(28(42)21-38(27,39)6)37(5)15-14-29(43)36(3,4)34(37)26(33(32)45)13-12-24-10-8-7-9-11-24/h7-13,19,22,25-27,30,33-34,40-41,44-45H,14-18,20-21H2,1-6H3,(H,46,47)/b13-12+,23-19+/t22-,25+,26+,27-,30+,33-,34-,37-,38-,39+/m1/s1. The van der Waals surface area contributed by atoms with Gasteiger partial charge in [-0.2, -0.15) is 0 Å². The molecule has 0 aromatic heterocycles. The maximum Gasteiger partial charge on any atom is 0.331 e. The lowest BCUT2D eigenvalue weighted by atomic mass is 9.39. The third kappa shape index (κ3) is 5.40. The SMILES string of the molecule is C/C(=C\[C@@H](O)C[C@@H](C)[C@H]1C[C@H](O)[C@@]2(CCO)C3=C(C(=O)C[C@]12C)[C@@]1(C)CCC(=O)C(C)(C)[C@H]1[C@@H](/C=C/c1ccccc1)[C@H]3O)C(=O)O. The summed E-state index contributed by atoms with van der Waals surface area (Å²) >= 11 is 0. The normalized spacial score (nSPS) is 38.2. The molecule has 1 aromatic carbocycles. The second kappa shape index (κ2) is 12.5. The fourth-order valence-electron chi connectivity index (χ4n) is 11.0. The molecule has 0 spiro atoms. The molecule has 0 amide bonds. The Bertz CT molecular complexity index is 1510. The minimum absolute atomic E-state index is 0.0382. The number of carbonyl (C=O) groups excluding carboxylic acids is 2. The van der Waals surface area contributed by atoms with Gasteiger partial charge < -0.3 is 25.5 Å². The maximum atomic E-state index is 14.7. The summed E-state index contributed by atoms with van der Waals surface area (Å²) in [4.78, 5) is 39.6. The first-order valence-corrected chi connectivity index (χ1v) is 17.1. The molecule has 0 bridgehead atoms. The van der Waals surface area contributed by atoms with Crippen LogP contribution in [0.2, 0.25) is 0 Å². The minimum atomic E-state index is -1.18. The number of hydrogen-bond donors (Lipinski definition) is 5. The maximum absolute atomic E-state index is 14.7. The Morgan fingerprint density at radius 2 is 1.74 bits per heavy atom. The Labute approximate surface area is 278 Å². The van der Waals surface area contributed by atoms with E-state index in [9.17, 15) is 39.9 Å². The van der Waals surface area contributed by atoms with E-state index >= 15 is 0 Å². The van der Waals surface area contributed by atoms with E-state index in [-0.39, 0.29) is 60.8 Å². The lowest BCUT2D eigenvalue weighted by molar-refractivity contribution is -0.152. The van der Waals surface area contributed by atoms with Crippen LogP contribution in [0.15, 0.2) is 59.2 Å². The second-order valence-electron chi connectivity index (χ2n) is 15.9. The van der Waals surface area contributed by atoms with Gasteiger partial charge in [0.25, 0.3) is 0 Å². The number of Topliss-reactive ketones (excluding diaryl/α,β-unsaturated/α-hetero) is 2. The van der Waals surface area contributed by atoms with E-state index in [0.717, 1.165) is 5.56 Å². The predicted molar refractivity (Wildman–Crippen MR) is 179 cm³/mol. The lowest BCUT2D eigenvalue weighted by Crippen LogP contribution is -2.64. The smallest absolute Gasteiger partial charge is 0.331 e. The minimum Gasteiger partial charge on any atom is -0.478 e. The van der Waals surface area contributed by atoms with E-state index in [1.807, 2.05) is 70.2 Å². The highest BCUT2D eigenvalue weighted by Gasteiger charge is 2.72. The summed E-state index contributed by atoms with van der Waals surface area (Å²) in [6, 6.07) is 9.73. The van der Waals surface area contributed by atoms with Crippen LogP contribution in [0, 0.1) is 45.3 Å². The van der Waals surface area contributed by atoms with Crippen molar-refractivity contribution in [2.75, 3.05) is 6.61 Å². The molecule has 47 heavy (non-hydrogen) atoms. The van der Waals surface area contributed by atoms with Crippen molar-refractivity contribution >= 4 is 23.6 Å². The van der Waals surface area contributed by atoms with Crippen LogP contribution in [-0.4, -0.2) is 68.0 Å². The Kier molecular flexibility index (Phi) is 9.43. The van der Waals surface area contributed by atoms with E-state index in [1.54, 1.807) is 0 Å². The van der Waals surface area contributed by atoms with E-state index in [0.29, 0.717) is 30.4 Å². The highest BCUT2D eigenvalue weighted by Crippen LogP contribution is 2.73. The molecule has 4 aliphatic rings. The molecule has 8 heteroatoms. The van der Waals surface area contributed by atoms with Crippen LogP contribution in [0.4, 0.5) is 0 Å². The van der Waals surface area contributed by atoms with Crippen LogP contribution in [-0.2, 0) is 14.4 Å². The summed E-state index contributed by atoms with van der Waals surface area (Å²) in [5.41, 5.74) is -1.55. The highest BCUT2D eigenvalue weighted by molar-refractivity contribution is 6.01. The number of ketones is 2. The van der Waals surface area contributed by atoms with E-state index in [2.05, 4.69) is 6.92 Å². The summed E-state index contributed by atoms with van der Waals surface area (Å²) in [7, 11) is 0. The van der Waals surface area contributed by atoms with Gasteiger partial charge in [0.2, 0.25) is 0 Å². The molecule has 5 rings (SSSR count). The summed E-state index contributed by atoms with van der Waals surface area (Å²) in [5, 5.41) is 55.6. The molecule has 5 N–H and O–H groups in total. The number of rotatable bonds is 9. The number of benzene rings is 1. The number of aliphatic hydroxyl groups excluding tert-OH is 4. The first-order valence-electron chi connectivity index (χ1n) is 17.1. The fourth-order valence-corrected chi connectivity index (χ4v) is 11.0. The molecule has 256 valence electrons. The van der Waals surface area contributed by atoms with E-state index in [4.69, 9.17) is 0 Å². The average Bonchev–Trinajstić information content (AvgIpc) is 3.22. The van der Waals surface area contributed by atoms with Gasteiger partial charge in [-0.15, -0.1) is 0 Å². The molecule has 8 nitrogen and oxygen atoms in total. The zero-order valence-corrected chi connectivity index (χ0v) is 28.6. The Balaban J connectivity index is 1.69. The molecule has 0 radical (unpaired) electrons. The van der Waals surface area contributed by atoms with Crippen LogP contribution in [0.5, 0.6) is 0 Å². The predicted octanol–water partition coefficient (Wildman–Crippen LogP) is 5.15. The molecular weight excluding hydrogens is 596 g/mol. The Morgan fingerprint density at radius 3 is 2.36 bits per heavy atom. The van der Waals surface area contributed by atoms with Crippen molar-refractivity contribution in [3.63, 3.8) is 0 Å². The molecular formula is C39H52O8. The molecule has 4 aliphatic carbocycles. The van der Waals surface area contributed by atoms with Crippen molar-refractivity contribution in [3.8, 4) is 0 Å². The van der Waals surface area contributed by atoms with Crippen LogP contribution < -0.4 is 0 Å². The molecule has 0 heterocycles. The number of aliphatic hydroxyl groups is 4. The summed E-state index contributed by atoms with van der Waals surface area (Å²) in [5.74, 6) is -2.51. The van der Waals surface area contributed by atoms with Crippen molar-refractivity contribution < 1.29 is 39.9 Å². The monoisotopic (exact) mass is 648 g/mol. The van der Waals surface area contributed by atoms with Gasteiger partial charge in [-0.3, -0.25) is 9.59 Å². The number of fused-ring (bicyclic) bond motifs is 4. The molecule has 1 aromatic rings. The fraction of sp³-hybridized carbons (Fsp3) is 0.615. The number of aliphatic carboxylic acids is 1. The number of hydrogen-bond acceptors (Lipinski definition) is 7. The van der Waals surface area contributed by atoms with Gasteiger partial charge in [0.1, 0.15) is 5.78 Å². The molecule has 0 aliphatic heterocycles.